The SMILES string of the molecule is CC(C)C(CNCc1cccnc1)C(C)C. The lowest BCUT2D eigenvalue weighted by Crippen LogP contribution is -2.29. The largest absolute Gasteiger partial charge is 0.312 e. The van der Waals surface area contributed by atoms with Gasteiger partial charge in [0.2, 0.25) is 0 Å². The van der Waals surface area contributed by atoms with E-state index < -0.39 is 0 Å². The van der Waals surface area contributed by atoms with E-state index in [1.54, 1.807) is 0 Å². The number of nitrogens with one attached hydrogen (secondary N) is 1. The minimum absolute atomic E-state index is 0.737. The molecule has 0 spiro atoms. The van der Waals surface area contributed by atoms with Crippen molar-refractivity contribution in [2.45, 2.75) is 34.2 Å². The van der Waals surface area contributed by atoms with Crippen molar-refractivity contribution in [2.75, 3.05) is 6.54 Å². The molecule has 0 atom stereocenters. The summed E-state index contributed by atoms with van der Waals surface area (Å²) in [5.74, 6) is 2.22. The lowest BCUT2D eigenvalue weighted by atomic mass is 9.85. The van der Waals surface area contributed by atoms with Crippen LogP contribution in [0.3, 0.4) is 0 Å². The molecule has 2 nitrogen and oxygen atoms in total. The van der Waals surface area contributed by atoms with E-state index in [1.165, 1.54) is 5.56 Å². The Morgan fingerprint density at radius 3 is 2.38 bits per heavy atom. The van der Waals surface area contributed by atoms with E-state index in [9.17, 15) is 0 Å². The molecule has 0 saturated carbocycles. The van der Waals surface area contributed by atoms with Gasteiger partial charge in [-0.15, -0.1) is 0 Å². The normalized spacial score (nSPS) is 11.7. The molecule has 1 aromatic rings. The van der Waals surface area contributed by atoms with Gasteiger partial charge in [0.1, 0.15) is 0 Å². The van der Waals surface area contributed by atoms with Gasteiger partial charge in [0, 0.05) is 18.9 Å². The second-order valence-electron chi connectivity index (χ2n) is 5.14. The molecule has 0 amide bonds. The van der Waals surface area contributed by atoms with E-state index in [-0.39, 0.29) is 0 Å². The van der Waals surface area contributed by atoms with E-state index in [1.807, 2.05) is 18.5 Å². The topological polar surface area (TPSA) is 24.9 Å². The molecule has 0 aliphatic heterocycles. The van der Waals surface area contributed by atoms with Crippen molar-refractivity contribution in [1.29, 1.82) is 0 Å². The highest BCUT2D eigenvalue weighted by atomic mass is 14.9. The van der Waals surface area contributed by atoms with Gasteiger partial charge in [-0.2, -0.15) is 0 Å². The van der Waals surface area contributed by atoms with Crippen LogP contribution >= 0.6 is 0 Å². The van der Waals surface area contributed by atoms with Crippen molar-refractivity contribution in [3.05, 3.63) is 30.1 Å². The first kappa shape index (κ1) is 13.2. The predicted octanol–water partition coefficient (Wildman–Crippen LogP) is 3.10. The maximum Gasteiger partial charge on any atom is 0.0312 e. The molecule has 1 aromatic heterocycles. The Kier molecular flexibility index (Phi) is 5.47. The Labute approximate surface area is 99.5 Å². The molecular weight excluding hydrogens is 196 g/mol. The van der Waals surface area contributed by atoms with Gasteiger partial charge in [-0.3, -0.25) is 4.98 Å². The standard InChI is InChI=1S/C14H24N2/c1-11(2)14(12(3)4)10-16-9-13-6-5-7-15-8-13/h5-8,11-12,14,16H,9-10H2,1-4H3. The maximum atomic E-state index is 4.11. The lowest BCUT2D eigenvalue weighted by molar-refractivity contribution is 0.275. The van der Waals surface area contributed by atoms with E-state index in [0.717, 1.165) is 30.8 Å². The average molecular weight is 220 g/mol. The summed E-state index contributed by atoms with van der Waals surface area (Å²) in [4.78, 5) is 4.11. The highest BCUT2D eigenvalue weighted by molar-refractivity contribution is 5.07. The van der Waals surface area contributed by atoms with Crippen molar-refractivity contribution in [3.8, 4) is 0 Å². The van der Waals surface area contributed by atoms with Crippen molar-refractivity contribution in [2.24, 2.45) is 17.8 Å². The molecule has 2 heteroatoms. The zero-order chi connectivity index (χ0) is 12.0. The summed E-state index contributed by atoms with van der Waals surface area (Å²) in [6.45, 7) is 11.2. The molecule has 0 unspecified atom stereocenters. The molecule has 0 aromatic carbocycles. The molecular formula is C14H24N2. The summed E-state index contributed by atoms with van der Waals surface area (Å²) in [7, 11) is 0. The van der Waals surface area contributed by atoms with Gasteiger partial charge < -0.3 is 5.32 Å². The van der Waals surface area contributed by atoms with Crippen LogP contribution in [-0.4, -0.2) is 11.5 Å². The molecule has 0 fully saturated rings. The lowest BCUT2D eigenvalue weighted by Gasteiger charge is -2.25. The molecule has 0 aliphatic rings. The summed E-state index contributed by atoms with van der Waals surface area (Å²) in [5.41, 5.74) is 1.26. The van der Waals surface area contributed by atoms with Gasteiger partial charge in [-0.25, -0.2) is 0 Å². The Morgan fingerprint density at radius 2 is 1.88 bits per heavy atom. The van der Waals surface area contributed by atoms with Gasteiger partial charge in [0.25, 0.3) is 0 Å². The second-order valence-corrected chi connectivity index (χ2v) is 5.14. The van der Waals surface area contributed by atoms with Gasteiger partial charge >= 0.3 is 0 Å². The third-order valence-corrected chi connectivity index (χ3v) is 3.14. The fraction of sp³-hybridized carbons (Fsp3) is 0.643. The molecule has 0 aliphatic carbocycles. The quantitative estimate of drug-likeness (QED) is 0.797. The second kappa shape index (κ2) is 6.64. The highest BCUT2D eigenvalue weighted by Crippen LogP contribution is 2.19. The molecule has 0 bridgehead atoms. The molecule has 1 rings (SSSR count). The Bertz CT molecular complexity index is 272. The first-order valence-corrected chi connectivity index (χ1v) is 6.21. The first-order valence-electron chi connectivity index (χ1n) is 6.21. The summed E-state index contributed by atoms with van der Waals surface area (Å²) in [6, 6.07) is 4.10. The first-order chi connectivity index (χ1) is 7.61. The van der Waals surface area contributed by atoms with Crippen LogP contribution in [0.5, 0.6) is 0 Å². The minimum atomic E-state index is 0.737. The number of pyridine rings is 1. The molecule has 0 saturated heterocycles. The summed E-state index contributed by atoms with van der Waals surface area (Å²) in [6.07, 6.45) is 3.74. The van der Waals surface area contributed by atoms with Gasteiger partial charge in [-0.05, 0) is 35.9 Å². The Hall–Kier alpha value is -0.890. The van der Waals surface area contributed by atoms with Gasteiger partial charge in [0.15, 0.2) is 0 Å². The van der Waals surface area contributed by atoms with Crippen LogP contribution in [0.4, 0.5) is 0 Å². The van der Waals surface area contributed by atoms with E-state index >= 15 is 0 Å². The van der Waals surface area contributed by atoms with Crippen LogP contribution in [0.2, 0.25) is 0 Å². The van der Waals surface area contributed by atoms with E-state index in [2.05, 4.69) is 44.1 Å². The average Bonchev–Trinajstić information content (AvgIpc) is 2.24. The number of nitrogens with zero attached hydrogens (tertiary/aromatic N) is 1. The van der Waals surface area contributed by atoms with Crippen molar-refractivity contribution in [1.82, 2.24) is 10.3 Å². The highest BCUT2D eigenvalue weighted by Gasteiger charge is 2.16. The number of hydrogen-bond donors (Lipinski definition) is 1. The minimum Gasteiger partial charge on any atom is -0.312 e. The van der Waals surface area contributed by atoms with Crippen LogP contribution in [0.1, 0.15) is 33.3 Å². The van der Waals surface area contributed by atoms with Crippen LogP contribution < -0.4 is 5.32 Å². The summed E-state index contributed by atoms with van der Waals surface area (Å²) < 4.78 is 0. The van der Waals surface area contributed by atoms with Crippen LogP contribution in [0.15, 0.2) is 24.5 Å². The molecule has 16 heavy (non-hydrogen) atoms. The monoisotopic (exact) mass is 220 g/mol. The third kappa shape index (κ3) is 4.31. The summed E-state index contributed by atoms with van der Waals surface area (Å²) in [5, 5.41) is 3.52. The van der Waals surface area contributed by atoms with E-state index in [4.69, 9.17) is 0 Å². The number of rotatable bonds is 6. The van der Waals surface area contributed by atoms with Crippen LogP contribution in [0.25, 0.3) is 0 Å². The van der Waals surface area contributed by atoms with Crippen molar-refractivity contribution in [3.63, 3.8) is 0 Å². The number of hydrogen-bond acceptors (Lipinski definition) is 2. The summed E-state index contributed by atoms with van der Waals surface area (Å²) >= 11 is 0. The van der Waals surface area contributed by atoms with Gasteiger partial charge in [-0.1, -0.05) is 33.8 Å². The molecule has 0 radical (unpaired) electrons. The predicted molar refractivity (Wildman–Crippen MR) is 69.1 cm³/mol. The van der Waals surface area contributed by atoms with E-state index in [0.29, 0.717) is 0 Å². The van der Waals surface area contributed by atoms with Crippen molar-refractivity contribution >= 4 is 0 Å². The zero-order valence-corrected chi connectivity index (χ0v) is 10.9. The Balaban J connectivity index is 2.34. The zero-order valence-electron chi connectivity index (χ0n) is 10.9. The molecule has 90 valence electrons. The van der Waals surface area contributed by atoms with Crippen molar-refractivity contribution < 1.29 is 0 Å². The fourth-order valence-corrected chi connectivity index (χ4v) is 2.13. The molecule has 1 N–H and O–H groups in total. The smallest absolute Gasteiger partial charge is 0.0312 e. The fourth-order valence-electron chi connectivity index (χ4n) is 2.13. The third-order valence-electron chi connectivity index (χ3n) is 3.14. The molecule has 1 heterocycles. The van der Waals surface area contributed by atoms with Crippen LogP contribution in [0, 0.1) is 17.8 Å². The van der Waals surface area contributed by atoms with Crippen LogP contribution in [-0.2, 0) is 6.54 Å². The Morgan fingerprint density at radius 1 is 1.19 bits per heavy atom. The number of aromatic nitrogens is 1. The van der Waals surface area contributed by atoms with Gasteiger partial charge in [0.05, 0.1) is 0 Å². The maximum absolute atomic E-state index is 4.11.